The van der Waals surface area contributed by atoms with Crippen LogP contribution in [0.15, 0.2) is 12.1 Å². The predicted molar refractivity (Wildman–Crippen MR) is 90.3 cm³/mol. The summed E-state index contributed by atoms with van der Waals surface area (Å²) >= 11 is 19.0. The molecule has 0 bridgehead atoms. The summed E-state index contributed by atoms with van der Waals surface area (Å²) < 4.78 is 0. The van der Waals surface area contributed by atoms with Gasteiger partial charge in [-0.05, 0) is 12.1 Å². The molecule has 1 heterocycles. The summed E-state index contributed by atoms with van der Waals surface area (Å²) in [7, 11) is 3.63. The van der Waals surface area contributed by atoms with Crippen molar-refractivity contribution in [3.63, 3.8) is 0 Å². The first-order chi connectivity index (χ1) is 9.79. The van der Waals surface area contributed by atoms with Gasteiger partial charge >= 0.3 is 0 Å². The molecule has 0 saturated carbocycles. The molecule has 0 saturated heterocycles. The minimum Gasteiger partial charge on any atom is -0.382 e. The lowest BCUT2D eigenvalue weighted by Gasteiger charge is -2.08. The van der Waals surface area contributed by atoms with Gasteiger partial charge in [-0.2, -0.15) is 0 Å². The summed E-state index contributed by atoms with van der Waals surface area (Å²) in [6, 6.07) is 2.94. The van der Waals surface area contributed by atoms with Crippen LogP contribution in [0.5, 0.6) is 0 Å². The number of hydrogen-bond donors (Lipinski definition) is 2. The van der Waals surface area contributed by atoms with Crippen molar-refractivity contribution in [2.45, 2.75) is 0 Å². The molecule has 1 aromatic carbocycles. The fourth-order valence-corrected chi connectivity index (χ4v) is 2.87. The fraction of sp³-hybridized carbons (Fsp3) is 0.167. The van der Waals surface area contributed by atoms with E-state index in [1.54, 1.807) is 4.90 Å². The van der Waals surface area contributed by atoms with Crippen molar-refractivity contribution in [2.24, 2.45) is 0 Å². The lowest BCUT2D eigenvalue weighted by molar-refractivity contribution is 0.103. The molecular weight excluding hydrogens is 355 g/mol. The van der Waals surface area contributed by atoms with Crippen molar-refractivity contribution >= 4 is 68.7 Å². The Kier molecular flexibility index (Phi) is 4.83. The van der Waals surface area contributed by atoms with Crippen LogP contribution in [-0.4, -0.2) is 25.0 Å². The number of nitrogens with one attached hydrogen (secondary N) is 1. The molecule has 0 aliphatic carbocycles. The van der Waals surface area contributed by atoms with E-state index >= 15 is 0 Å². The van der Waals surface area contributed by atoms with Crippen LogP contribution >= 0.6 is 46.1 Å². The van der Waals surface area contributed by atoms with Crippen molar-refractivity contribution in [3.8, 4) is 0 Å². The van der Waals surface area contributed by atoms with E-state index in [-0.39, 0.29) is 10.8 Å². The molecule has 0 aliphatic rings. The summed E-state index contributed by atoms with van der Waals surface area (Å²) in [5, 5.41) is 4.17. The minimum atomic E-state index is -0.404. The number of aromatic nitrogens is 1. The Morgan fingerprint density at radius 3 is 2.43 bits per heavy atom. The van der Waals surface area contributed by atoms with E-state index in [1.165, 1.54) is 23.5 Å². The lowest BCUT2D eigenvalue weighted by atomic mass is 10.3. The summed E-state index contributed by atoms with van der Waals surface area (Å²) in [6.07, 6.45) is 0. The van der Waals surface area contributed by atoms with Crippen LogP contribution in [0.3, 0.4) is 0 Å². The Morgan fingerprint density at radius 2 is 1.86 bits per heavy atom. The fourth-order valence-electron chi connectivity index (χ4n) is 1.47. The van der Waals surface area contributed by atoms with Gasteiger partial charge in [0, 0.05) is 14.1 Å². The van der Waals surface area contributed by atoms with Crippen molar-refractivity contribution in [3.05, 3.63) is 32.1 Å². The molecule has 2 rings (SSSR count). The molecule has 0 spiro atoms. The molecule has 0 unspecified atom stereocenters. The highest BCUT2D eigenvalue weighted by molar-refractivity contribution is 7.18. The predicted octanol–water partition coefficient (Wildman–Crippen LogP) is 4.00. The summed E-state index contributed by atoms with van der Waals surface area (Å²) in [6.45, 7) is 0. The smallest absolute Gasteiger partial charge is 0.269 e. The first-order valence-corrected chi connectivity index (χ1v) is 7.64. The molecule has 1 aromatic heterocycles. The molecule has 0 radical (unpaired) electrons. The van der Waals surface area contributed by atoms with Crippen molar-refractivity contribution < 1.29 is 4.79 Å². The molecule has 112 valence electrons. The Labute approximate surface area is 140 Å². The molecule has 9 heteroatoms. The Balaban J connectivity index is 2.28. The second kappa shape index (κ2) is 6.27. The van der Waals surface area contributed by atoms with Gasteiger partial charge in [0.15, 0.2) is 5.13 Å². The molecule has 21 heavy (non-hydrogen) atoms. The van der Waals surface area contributed by atoms with Gasteiger partial charge in [0.2, 0.25) is 0 Å². The van der Waals surface area contributed by atoms with Gasteiger partial charge in [0.05, 0.1) is 20.8 Å². The number of anilines is 3. The van der Waals surface area contributed by atoms with Crippen molar-refractivity contribution in [1.29, 1.82) is 0 Å². The van der Waals surface area contributed by atoms with Crippen LogP contribution < -0.4 is 16.0 Å². The highest BCUT2D eigenvalue weighted by atomic mass is 35.5. The zero-order valence-electron chi connectivity index (χ0n) is 11.1. The average molecular weight is 366 g/mol. The van der Waals surface area contributed by atoms with E-state index in [4.69, 9.17) is 40.5 Å². The number of benzene rings is 1. The topological polar surface area (TPSA) is 71.2 Å². The maximum absolute atomic E-state index is 12.2. The number of nitrogens with zero attached hydrogens (tertiary/aromatic N) is 2. The molecule has 2 aromatic rings. The monoisotopic (exact) mass is 364 g/mol. The van der Waals surface area contributed by atoms with E-state index in [9.17, 15) is 4.79 Å². The molecule has 5 nitrogen and oxygen atoms in total. The number of nitrogens with two attached hydrogens (primary N) is 1. The second-order valence-corrected chi connectivity index (χ2v) is 6.50. The van der Waals surface area contributed by atoms with E-state index in [0.29, 0.717) is 25.7 Å². The van der Waals surface area contributed by atoms with Gasteiger partial charge in [0.1, 0.15) is 10.7 Å². The third kappa shape index (κ3) is 3.52. The molecule has 0 fully saturated rings. The summed E-state index contributed by atoms with van der Waals surface area (Å²) in [4.78, 5) is 18.4. The lowest BCUT2D eigenvalue weighted by Crippen LogP contribution is -2.12. The highest BCUT2D eigenvalue weighted by Gasteiger charge is 2.18. The Bertz CT molecular complexity index is 702. The van der Waals surface area contributed by atoms with Crippen molar-refractivity contribution in [2.75, 3.05) is 30.0 Å². The first-order valence-electron chi connectivity index (χ1n) is 5.69. The Morgan fingerprint density at radius 1 is 1.24 bits per heavy atom. The zero-order chi connectivity index (χ0) is 15.7. The van der Waals surface area contributed by atoms with Crippen LogP contribution in [0.25, 0.3) is 0 Å². The number of halogens is 3. The number of amides is 1. The van der Waals surface area contributed by atoms with E-state index < -0.39 is 5.91 Å². The summed E-state index contributed by atoms with van der Waals surface area (Å²) in [5.41, 5.74) is 6.11. The van der Waals surface area contributed by atoms with Crippen LogP contribution in [0.2, 0.25) is 15.1 Å². The molecule has 1 amide bonds. The Hall–Kier alpha value is -1.21. The van der Waals surface area contributed by atoms with Crippen LogP contribution in [-0.2, 0) is 0 Å². The van der Waals surface area contributed by atoms with E-state index in [0.717, 1.165) is 0 Å². The van der Waals surface area contributed by atoms with Crippen LogP contribution in [0.1, 0.15) is 9.67 Å². The number of thiazole rings is 1. The first kappa shape index (κ1) is 16.2. The van der Waals surface area contributed by atoms with Crippen molar-refractivity contribution in [1.82, 2.24) is 4.98 Å². The van der Waals surface area contributed by atoms with Gasteiger partial charge in [-0.25, -0.2) is 4.98 Å². The number of carbonyl (C=O) groups is 1. The van der Waals surface area contributed by atoms with Crippen LogP contribution in [0, 0.1) is 0 Å². The number of nitrogen functional groups attached to an aromatic ring is 1. The normalized spacial score (nSPS) is 10.5. The quantitative estimate of drug-likeness (QED) is 0.806. The van der Waals surface area contributed by atoms with Gasteiger partial charge in [-0.15, -0.1) is 0 Å². The van der Waals surface area contributed by atoms with Gasteiger partial charge < -0.3 is 16.0 Å². The molecule has 3 N–H and O–H groups in total. The molecule has 0 aliphatic heterocycles. The second-order valence-electron chi connectivity index (χ2n) is 4.31. The third-order valence-corrected chi connectivity index (χ3v) is 4.76. The minimum absolute atomic E-state index is 0.164. The molecular formula is C12H11Cl3N4OS. The van der Waals surface area contributed by atoms with E-state index in [1.807, 2.05) is 14.1 Å². The number of carbonyl (C=O) groups excluding carboxylic acids is 1. The van der Waals surface area contributed by atoms with E-state index in [2.05, 4.69) is 10.3 Å². The standard InChI is InChI=1S/C12H11Cl3N4OS/c1-19(2)12-18-10(16)9(21-12)11(20)17-8-4-6(14)5(13)3-7(8)15/h3-4H,16H2,1-2H3,(H,17,20). The molecule has 0 atom stereocenters. The van der Waals surface area contributed by atoms with Crippen LogP contribution in [0.4, 0.5) is 16.6 Å². The highest BCUT2D eigenvalue weighted by Crippen LogP contribution is 2.33. The maximum Gasteiger partial charge on any atom is 0.269 e. The maximum atomic E-state index is 12.2. The number of hydrogen-bond acceptors (Lipinski definition) is 5. The number of rotatable bonds is 3. The largest absolute Gasteiger partial charge is 0.382 e. The zero-order valence-corrected chi connectivity index (χ0v) is 14.2. The summed E-state index contributed by atoms with van der Waals surface area (Å²) in [5.74, 6) is -0.240. The SMILES string of the molecule is CN(C)c1nc(N)c(C(=O)Nc2cc(Cl)c(Cl)cc2Cl)s1. The van der Waals surface area contributed by atoms with Gasteiger partial charge in [-0.3, -0.25) is 4.79 Å². The van der Waals surface area contributed by atoms with Gasteiger partial charge in [-0.1, -0.05) is 46.1 Å². The van der Waals surface area contributed by atoms with Gasteiger partial charge in [0.25, 0.3) is 5.91 Å². The average Bonchev–Trinajstić information content (AvgIpc) is 2.78. The third-order valence-electron chi connectivity index (χ3n) is 2.49.